The average Bonchev–Trinajstić information content (AvgIpc) is 3.83. The number of carbonyl (C=O) groups excluding carboxylic acids is 1. The number of hydrogen-bond acceptors (Lipinski definition) is 10. The van der Waals surface area contributed by atoms with E-state index in [1.807, 2.05) is 59.4 Å². The number of aromatic carboxylic acids is 1. The first-order valence-electron chi connectivity index (χ1n) is 20.4. The Kier molecular flexibility index (Phi) is 10.3. The molecule has 57 heavy (non-hydrogen) atoms. The number of fused-ring (bicyclic) bond motifs is 4. The predicted octanol–water partition coefficient (Wildman–Crippen LogP) is 7.39. The summed E-state index contributed by atoms with van der Waals surface area (Å²) in [6.07, 6.45) is 9.93. The maximum absolute atomic E-state index is 13.6. The number of amides is 1. The van der Waals surface area contributed by atoms with Gasteiger partial charge in [-0.3, -0.25) is 19.7 Å². The molecule has 2 N–H and O–H groups in total. The van der Waals surface area contributed by atoms with Crippen molar-refractivity contribution in [2.45, 2.75) is 71.1 Å². The summed E-state index contributed by atoms with van der Waals surface area (Å²) in [5.41, 5.74) is 4.64. The van der Waals surface area contributed by atoms with Gasteiger partial charge in [-0.25, -0.2) is 14.8 Å². The molecule has 2 saturated carbocycles. The fourth-order valence-electron chi connectivity index (χ4n) is 10.6. The van der Waals surface area contributed by atoms with Crippen LogP contribution in [0.4, 0.5) is 10.9 Å². The van der Waals surface area contributed by atoms with Gasteiger partial charge in [0.15, 0.2) is 10.8 Å². The number of thiazole rings is 1. The van der Waals surface area contributed by atoms with Gasteiger partial charge in [-0.15, -0.1) is 0 Å². The largest absolute Gasteiger partial charge is 0.476 e. The smallest absolute Gasteiger partial charge is 0.355 e. The number of para-hydroxylation sites is 1. The fourth-order valence-corrected chi connectivity index (χ4v) is 11.5. The van der Waals surface area contributed by atoms with E-state index in [9.17, 15) is 14.7 Å². The lowest BCUT2D eigenvalue weighted by molar-refractivity contribution is -0.165. The van der Waals surface area contributed by atoms with E-state index in [4.69, 9.17) is 19.6 Å². The predicted molar refractivity (Wildman–Crippen MR) is 221 cm³/mol. The van der Waals surface area contributed by atoms with Crippen molar-refractivity contribution in [3.63, 3.8) is 0 Å². The summed E-state index contributed by atoms with van der Waals surface area (Å²) in [6.45, 7) is 11.8. The van der Waals surface area contributed by atoms with E-state index < -0.39 is 5.97 Å². The molecule has 12 nitrogen and oxygen atoms in total. The lowest BCUT2D eigenvalue weighted by Gasteiger charge is -2.56. The Labute approximate surface area is 337 Å². The minimum atomic E-state index is -1.09. The van der Waals surface area contributed by atoms with Gasteiger partial charge in [0.25, 0.3) is 5.91 Å². The molecule has 5 heterocycles. The molecule has 9 rings (SSSR count). The van der Waals surface area contributed by atoms with E-state index >= 15 is 0 Å². The number of hydrogen-bond donors (Lipinski definition) is 2. The molecule has 3 aromatic heterocycles. The summed E-state index contributed by atoms with van der Waals surface area (Å²) in [6, 6.07) is 17.4. The summed E-state index contributed by atoms with van der Waals surface area (Å²) < 4.78 is 15.5. The molecule has 298 valence electrons. The van der Waals surface area contributed by atoms with Crippen molar-refractivity contribution in [3.8, 4) is 11.1 Å². The van der Waals surface area contributed by atoms with Gasteiger partial charge in [-0.1, -0.05) is 49.4 Å². The normalized spacial score (nSPS) is 25.0. The number of ether oxygens (including phenoxy) is 2. The van der Waals surface area contributed by atoms with Crippen molar-refractivity contribution >= 4 is 44.4 Å². The van der Waals surface area contributed by atoms with Crippen molar-refractivity contribution in [2.24, 2.45) is 17.3 Å². The molecule has 2 aliphatic carbocycles. The summed E-state index contributed by atoms with van der Waals surface area (Å²) in [5, 5.41) is 18.8. The van der Waals surface area contributed by atoms with E-state index in [1.54, 1.807) is 6.20 Å². The van der Waals surface area contributed by atoms with Gasteiger partial charge in [0.2, 0.25) is 0 Å². The molecule has 0 spiro atoms. The van der Waals surface area contributed by atoms with Gasteiger partial charge in [0.1, 0.15) is 5.82 Å². The van der Waals surface area contributed by atoms with Crippen molar-refractivity contribution < 1.29 is 24.2 Å². The van der Waals surface area contributed by atoms with Crippen molar-refractivity contribution in [2.75, 3.05) is 56.2 Å². The number of benzene rings is 2. The number of aromatic nitrogens is 4. The second-order valence-corrected chi connectivity index (χ2v) is 18.1. The lowest BCUT2D eigenvalue weighted by Crippen LogP contribution is -2.53. The van der Waals surface area contributed by atoms with Crippen LogP contribution in [-0.2, 0) is 29.0 Å². The van der Waals surface area contributed by atoms with Crippen molar-refractivity contribution in [3.05, 3.63) is 89.4 Å². The number of nitrogens with one attached hydrogen (secondary N) is 1. The number of carboxylic acids is 1. The van der Waals surface area contributed by atoms with Crippen LogP contribution in [0.25, 0.3) is 21.3 Å². The average molecular weight is 790 g/mol. The Balaban J connectivity index is 0.909. The maximum Gasteiger partial charge on any atom is 0.355 e. The minimum Gasteiger partial charge on any atom is -0.476 e. The first-order valence-corrected chi connectivity index (χ1v) is 21.2. The second kappa shape index (κ2) is 15.6. The third-order valence-electron chi connectivity index (χ3n) is 12.5. The molecule has 2 unspecified atom stereocenters. The molecule has 2 atom stereocenters. The molecule has 2 aromatic carbocycles. The summed E-state index contributed by atoms with van der Waals surface area (Å²) in [4.78, 5) is 40.2. The van der Waals surface area contributed by atoms with Crippen LogP contribution in [0, 0.1) is 17.3 Å². The molecule has 4 aliphatic rings. The van der Waals surface area contributed by atoms with Crippen LogP contribution in [0.5, 0.6) is 0 Å². The zero-order valence-corrected chi connectivity index (χ0v) is 33.6. The van der Waals surface area contributed by atoms with E-state index in [1.165, 1.54) is 11.3 Å². The molecule has 1 amide bonds. The molecule has 0 radical (unpaired) electrons. The first-order chi connectivity index (χ1) is 27.6. The Morgan fingerprint density at radius 2 is 1.79 bits per heavy atom. The maximum atomic E-state index is 13.6. The van der Waals surface area contributed by atoms with Gasteiger partial charge in [0, 0.05) is 62.2 Å². The number of nitrogens with zero attached hydrogens (tertiary/aromatic N) is 6. The highest BCUT2D eigenvalue weighted by Crippen LogP contribution is 2.57. The van der Waals surface area contributed by atoms with Crippen molar-refractivity contribution in [1.82, 2.24) is 24.6 Å². The molecule has 2 aliphatic heterocycles. The molecule has 2 bridgehead atoms. The third-order valence-corrected chi connectivity index (χ3v) is 13.5. The number of anilines is 2. The Morgan fingerprint density at radius 3 is 2.58 bits per heavy atom. The third kappa shape index (κ3) is 7.95. The van der Waals surface area contributed by atoms with Crippen LogP contribution < -0.4 is 10.2 Å². The van der Waals surface area contributed by atoms with Gasteiger partial charge < -0.3 is 19.5 Å². The summed E-state index contributed by atoms with van der Waals surface area (Å²) in [7, 11) is 0. The topological polar surface area (TPSA) is 135 Å². The number of carboxylic acid groups (broad SMARTS) is 1. The van der Waals surface area contributed by atoms with E-state index in [2.05, 4.69) is 40.0 Å². The van der Waals surface area contributed by atoms with Crippen LogP contribution in [0.2, 0.25) is 0 Å². The zero-order chi connectivity index (χ0) is 39.1. The summed E-state index contributed by atoms with van der Waals surface area (Å²) >= 11 is 1.44. The monoisotopic (exact) mass is 789 g/mol. The van der Waals surface area contributed by atoms with Gasteiger partial charge in [0.05, 0.1) is 41.8 Å². The lowest BCUT2D eigenvalue weighted by atomic mass is 9.54. The standard InChI is InChI=1S/C44H51N7O5S/c1-29-20-43(21-30(2)23-44(22-29,27-43)56-19-16-49-14-17-55-18-15-49)28-51-25-32(24-45-51)33-10-11-38(47-39(33)41(53)54)50-13-12-31-6-5-7-34(35(31)26-50)40(52)48-42-46-36-8-3-4-9-37(36)57-42/h3-11,24-25,29-30H,12-23,26-28H2,1-2H3,(H,53,54)(H,46,48,52). The molecule has 13 heteroatoms. The second-order valence-electron chi connectivity index (χ2n) is 17.0. The Bertz CT molecular complexity index is 2230. The molecular weight excluding hydrogens is 739 g/mol. The number of rotatable bonds is 11. The minimum absolute atomic E-state index is 0.0110. The summed E-state index contributed by atoms with van der Waals surface area (Å²) in [5.74, 6) is 0.349. The van der Waals surface area contributed by atoms with Gasteiger partial charge in [-0.2, -0.15) is 5.10 Å². The SMILES string of the molecule is CC1CC2(Cn3cc(-c4ccc(N5CCc6cccc(C(=O)Nc7nc8ccccc8s7)c6C5)nc4C(=O)O)cn3)CC(C)CC(OCCN3CCOCC3)(C1)C2. The van der Waals surface area contributed by atoms with E-state index in [0.717, 1.165) is 105 Å². The van der Waals surface area contributed by atoms with E-state index in [-0.39, 0.29) is 22.6 Å². The molecular formula is C44H51N7O5S. The van der Waals surface area contributed by atoms with Crippen LogP contribution >= 0.6 is 11.3 Å². The van der Waals surface area contributed by atoms with Crippen LogP contribution in [-0.4, -0.2) is 93.2 Å². The molecule has 3 fully saturated rings. The zero-order valence-electron chi connectivity index (χ0n) is 32.8. The van der Waals surface area contributed by atoms with Gasteiger partial charge in [-0.05, 0) is 97.2 Å². The van der Waals surface area contributed by atoms with Crippen LogP contribution in [0.1, 0.15) is 77.9 Å². The fraction of sp³-hybridized carbons (Fsp3) is 0.477. The highest BCUT2D eigenvalue weighted by Gasteiger charge is 2.53. The molecule has 5 aromatic rings. The molecule has 1 saturated heterocycles. The highest BCUT2D eigenvalue weighted by molar-refractivity contribution is 7.22. The number of morpholine rings is 1. The number of carbonyl (C=O) groups is 2. The van der Waals surface area contributed by atoms with Gasteiger partial charge >= 0.3 is 5.97 Å². The van der Waals surface area contributed by atoms with E-state index in [0.29, 0.717) is 53.4 Å². The Morgan fingerprint density at radius 1 is 0.982 bits per heavy atom. The highest BCUT2D eigenvalue weighted by atomic mass is 32.1. The first kappa shape index (κ1) is 37.9. The number of pyridine rings is 1. The quantitative estimate of drug-likeness (QED) is 0.140. The van der Waals surface area contributed by atoms with Crippen LogP contribution in [0.15, 0.2) is 67.0 Å². The Hall–Kier alpha value is -4.69. The van der Waals surface area contributed by atoms with Crippen molar-refractivity contribution in [1.29, 1.82) is 0 Å². The van der Waals surface area contributed by atoms with Crippen LogP contribution in [0.3, 0.4) is 0 Å².